The molecule has 0 radical (unpaired) electrons. The third kappa shape index (κ3) is 1.97. The van der Waals surface area contributed by atoms with Gasteiger partial charge in [0.05, 0.1) is 5.56 Å². The fourth-order valence-electron chi connectivity index (χ4n) is 2.36. The van der Waals surface area contributed by atoms with Gasteiger partial charge in [-0.3, -0.25) is 0 Å². The zero-order valence-electron chi connectivity index (χ0n) is 11.3. The topological polar surface area (TPSA) is 50.4 Å². The number of aryl methyl sites for hydroxylation is 2. The Balaban J connectivity index is 2.18. The fourth-order valence-corrected chi connectivity index (χ4v) is 2.36. The normalized spacial score (nSPS) is 10.9. The molecule has 0 saturated heterocycles. The van der Waals surface area contributed by atoms with Crippen LogP contribution in [0.1, 0.15) is 21.5 Å². The van der Waals surface area contributed by atoms with Gasteiger partial charge >= 0.3 is 5.97 Å². The summed E-state index contributed by atoms with van der Waals surface area (Å²) in [6, 6.07) is 13.3. The summed E-state index contributed by atoms with van der Waals surface area (Å²) in [6.45, 7) is 3.78. The first kappa shape index (κ1) is 12.5. The van der Waals surface area contributed by atoms with Crippen LogP contribution in [-0.4, -0.2) is 11.1 Å². The maximum absolute atomic E-state index is 11.2. The Hall–Kier alpha value is -2.55. The van der Waals surface area contributed by atoms with Crippen LogP contribution in [0.4, 0.5) is 0 Å². The summed E-state index contributed by atoms with van der Waals surface area (Å²) in [5.41, 5.74) is 3.75. The molecule has 0 bridgehead atoms. The summed E-state index contributed by atoms with van der Waals surface area (Å²) < 4.78 is 5.87. The first-order chi connectivity index (χ1) is 9.56. The number of fused-ring (bicyclic) bond motifs is 1. The summed E-state index contributed by atoms with van der Waals surface area (Å²) >= 11 is 0. The van der Waals surface area contributed by atoms with Crippen molar-refractivity contribution >= 4 is 16.9 Å². The minimum absolute atomic E-state index is 0.305. The van der Waals surface area contributed by atoms with E-state index in [2.05, 4.69) is 0 Å². The molecule has 1 heterocycles. The van der Waals surface area contributed by atoms with Gasteiger partial charge in [-0.25, -0.2) is 4.79 Å². The van der Waals surface area contributed by atoms with E-state index < -0.39 is 5.97 Å². The van der Waals surface area contributed by atoms with Gasteiger partial charge in [0.2, 0.25) is 0 Å². The first-order valence-electron chi connectivity index (χ1n) is 6.40. The van der Waals surface area contributed by atoms with E-state index in [9.17, 15) is 9.90 Å². The summed E-state index contributed by atoms with van der Waals surface area (Å²) in [5.74, 6) is -0.228. The van der Waals surface area contributed by atoms with E-state index in [1.54, 1.807) is 19.1 Å². The van der Waals surface area contributed by atoms with Crippen molar-refractivity contribution in [2.75, 3.05) is 0 Å². The Labute approximate surface area is 116 Å². The number of rotatable bonds is 2. The standard InChI is InChI=1S/C17H14O3/c1-10-6-7-12(8-14(10)17(18)19)15-9-13-5-3-4-11(2)16(13)20-15/h3-9H,1-2H3,(H,18,19). The maximum atomic E-state index is 11.2. The Bertz CT molecular complexity index is 812. The Kier molecular flexibility index (Phi) is 2.83. The molecule has 3 aromatic rings. The van der Waals surface area contributed by atoms with Gasteiger partial charge in [-0.05, 0) is 37.1 Å². The number of carboxylic acid groups (broad SMARTS) is 1. The van der Waals surface area contributed by atoms with Crippen molar-refractivity contribution in [1.29, 1.82) is 0 Å². The van der Waals surface area contributed by atoms with Gasteiger partial charge in [0.1, 0.15) is 11.3 Å². The van der Waals surface area contributed by atoms with E-state index in [1.165, 1.54) is 0 Å². The van der Waals surface area contributed by atoms with Gasteiger partial charge < -0.3 is 9.52 Å². The molecule has 3 rings (SSSR count). The highest BCUT2D eigenvalue weighted by Gasteiger charge is 2.12. The predicted molar refractivity (Wildman–Crippen MR) is 78.1 cm³/mol. The highest BCUT2D eigenvalue weighted by molar-refractivity contribution is 5.92. The number of hydrogen-bond donors (Lipinski definition) is 1. The number of para-hydroxylation sites is 1. The molecule has 1 N–H and O–H groups in total. The number of aromatic carboxylic acids is 1. The van der Waals surface area contributed by atoms with Crippen LogP contribution < -0.4 is 0 Å². The van der Waals surface area contributed by atoms with Crippen molar-refractivity contribution in [2.24, 2.45) is 0 Å². The number of benzene rings is 2. The maximum Gasteiger partial charge on any atom is 0.335 e. The van der Waals surface area contributed by atoms with Crippen molar-refractivity contribution in [3.63, 3.8) is 0 Å². The number of carboxylic acids is 1. The minimum Gasteiger partial charge on any atom is -0.478 e. The summed E-state index contributed by atoms with van der Waals surface area (Å²) in [7, 11) is 0. The van der Waals surface area contributed by atoms with Crippen molar-refractivity contribution in [3.8, 4) is 11.3 Å². The second-order valence-corrected chi connectivity index (χ2v) is 4.94. The van der Waals surface area contributed by atoms with E-state index in [4.69, 9.17) is 4.42 Å². The van der Waals surface area contributed by atoms with Crippen LogP contribution in [0.2, 0.25) is 0 Å². The van der Waals surface area contributed by atoms with Gasteiger partial charge in [-0.1, -0.05) is 30.3 Å². The monoisotopic (exact) mass is 266 g/mol. The molecule has 0 spiro atoms. The predicted octanol–water partition coefficient (Wildman–Crippen LogP) is 4.41. The van der Waals surface area contributed by atoms with Crippen LogP contribution >= 0.6 is 0 Å². The van der Waals surface area contributed by atoms with Crippen LogP contribution in [0.25, 0.3) is 22.3 Å². The minimum atomic E-state index is -0.920. The van der Waals surface area contributed by atoms with Gasteiger partial charge in [-0.2, -0.15) is 0 Å². The summed E-state index contributed by atoms with van der Waals surface area (Å²) in [4.78, 5) is 11.2. The van der Waals surface area contributed by atoms with Crippen molar-refractivity contribution in [1.82, 2.24) is 0 Å². The lowest BCUT2D eigenvalue weighted by Gasteiger charge is -2.03. The van der Waals surface area contributed by atoms with Crippen LogP contribution in [0.5, 0.6) is 0 Å². The lowest BCUT2D eigenvalue weighted by atomic mass is 10.0. The Morgan fingerprint density at radius 2 is 1.85 bits per heavy atom. The molecule has 0 unspecified atom stereocenters. The smallest absolute Gasteiger partial charge is 0.335 e. The lowest BCUT2D eigenvalue weighted by Crippen LogP contribution is -1.99. The van der Waals surface area contributed by atoms with Gasteiger partial charge in [-0.15, -0.1) is 0 Å². The molecule has 3 heteroatoms. The second kappa shape index (κ2) is 4.53. The number of furan rings is 1. The Morgan fingerprint density at radius 1 is 1.05 bits per heavy atom. The van der Waals surface area contributed by atoms with E-state index in [1.807, 2.05) is 37.3 Å². The van der Waals surface area contributed by atoms with Crippen molar-refractivity contribution in [3.05, 3.63) is 59.2 Å². The molecule has 3 nitrogen and oxygen atoms in total. The van der Waals surface area contributed by atoms with Crippen molar-refractivity contribution in [2.45, 2.75) is 13.8 Å². The van der Waals surface area contributed by atoms with Gasteiger partial charge in [0.15, 0.2) is 0 Å². The average molecular weight is 266 g/mol. The lowest BCUT2D eigenvalue weighted by molar-refractivity contribution is 0.0696. The second-order valence-electron chi connectivity index (χ2n) is 4.94. The van der Waals surface area contributed by atoms with Crippen LogP contribution in [0.15, 0.2) is 46.9 Å². The largest absolute Gasteiger partial charge is 0.478 e. The van der Waals surface area contributed by atoms with E-state index in [0.29, 0.717) is 11.3 Å². The number of carbonyl (C=O) groups is 1. The zero-order valence-corrected chi connectivity index (χ0v) is 11.3. The highest BCUT2D eigenvalue weighted by Crippen LogP contribution is 2.30. The molecule has 20 heavy (non-hydrogen) atoms. The molecular formula is C17H14O3. The third-order valence-electron chi connectivity index (χ3n) is 3.49. The molecule has 100 valence electrons. The highest BCUT2D eigenvalue weighted by atomic mass is 16.4. The molecule has 0 aliphatic rings. The molecule has 0 amide bonds. The molecule has 0 fully saturated rings. The molecule has 1 aromatic heterocycles. The van der Waals surface area contributed by atoms with Gasteiger partial charge in [0, 0.05) is 10.9 Å². The van der Waals surface area contributed by atoms with Crippen LogP contribution in [0, 0.1) is 13.8 Å². The zero-order chi connectivity index (χ0) is 14.3. The molecule has 2 aromatic carbocycles. The van der Waals surface area contributed by atoms with Crippen molar-refractivity contribution < 1.29 is 14.3 Å². The third-order valence-corrected chi connectivity index (χ3v) is 3.49. The Morgan fingerprint density at radius 3 is 2.55 bits per heavy atom. The molecule has 0 atom stereocenters. The molecular weight excluding hydrogens is 252 g/mol. The van der Waals surface area contributed by atoms with E-state index in [-0.39, 0.29) is 0 Å². The van der Waals surface area contributed by atoms with E-state index >= 15 is 0 Å². The molecule has 0 saturated carbocycles. The first-order valence-corrected chi connectivity index (χ1v) is 6.40. The van der Waals surface area contributed by atoms with Gasteiger partial charge in [0.25, 0.3) is 0 Å². The number of hydrogen-bond acceptors (Lipinski definition) is 2. The van der Waals surface area contributed by atoms with Crippen LogP contribution in [0.3, 0.4) is 0 Å². The average Bonchev–Trinajstić information content (AvgIpc) is 2.84. The quantitative estimate of drug-likeness (QED) is 0.747. The summed E-state index contributed by atoms with van der Waals surface area (Å²) in [5, 5.41) is 10.2. The SMILES string of the molecule is Cc1ccc(-c2cc3cccc(C)c3o2)cc1C(=O)O. The molecule has 0 aliphatic carbocycles. The summed E-state index contributed by atoms with van der Waals surface area (Å²) in [6.07, 6.45) is 0. The van der Waals surface area contributed by atoms with Crippen LogP contribution in [-0.2, 0) is 0 Å². The van der Waals surface area contributed by atoms with E-state index in [0.717, 1.165) is 27.7 Å². The fraction of sp³-hybridized carbons (Fsp3) is 0.118. The molecule has 0 aliphatic heterocycles.